The minimum atomic E-state index is 0.159. The number of ketones is 1. The molecule has 4 atom stereocenters. The number of hydrogen-bond donors (Lipinski definition) is 0. The predicted molar refractivity (Wildman–Crippen MR) is 106 cm³/mol. The molecule has 2 aliphatic rings. The van der Waals surface area contributed by atoms with E-state index in [1.54, 1.807) is 0 Å². The molecule has 0 aliphatic carbocycles. The summed E-state index contributed by atoms with van der Waals surface area (Å²) in [4.78, 5) is 15.3. The molecule has 0 saturated carbocycles. The van der Waals surface area contributed by atoms with Crippen molar-refractivity contribution in [3.63, 3.8) is 0 Å². The Hall–Kier alpha value is -1.87. The molecule has 138 valence electrons. The summed E-state index contributed by atoms with van der Waals surface area (Å²) in [5, 5.41) is 0. The fraction of sp³-hybridized carbons (Fsp3) is 0.522. The lowest BCUT2D eigenvalue weighted by Gasteiger charge is -2.42. The fourth-order valence-electron chi connectivity index (χ4n) is 5.46. The van der Waals surface area contributed by atoms with Gasteiger partial charge in [0.1, 0.15) is 5.78 Å². The van der Waals surface area contributed by atoms with Gasteiger partial charge in [-0.15, -0.1) is 0 Å². The van der Waals surface area contributed by atoms with Crippen molar-refractivity contribution in [2.24, 2.45) is 13.0 Å². The first-order valence-electron chi connectivity index (χ1n) is 9.98. The lowest BCUT2D eigenvalue weighted by atomic mass is 9.73. The van der Waals surface area contributed by atoms with Crippen molar-refractivity contribution in [3.8, 4) is 11.3 Å². The van der Waals surface area contributed by atoms with E-state index in [-0.39, 0.29) is 5.92 Å². The van der Waals surface area contributed by atoms with Crippen molar-refractivity contribution in [1.29, 1.82) is 0 Å². The van der Waals surface area contributed by atoms with E-state index in [4.69, 9.17) is 0 Å². The first kappa shape index (κ1) is 17.5. The van der Waals surface area contributed by atoms with Crippen LogP contribution in [0.4, 0.5) is 0 Å². The monoisotopic (exact) mass is 350 g/mol. The Morgan fingerprint density at radius 3 is 2.46 bits per heavy atom. The minimum Gasteiger partial charge on any atom is -0.350 e. The van der Waals surface area contributed by atoms with Crippen LogP contribution >= 0.6 is 0 Å². The molecule has 3 heteroatoms. The van der Waals surface area contributed by atoms with Crippen molar-refractivity contribution in [2.45, 2.75) is 57.5 Å². The van der Waals surface area contributed by atoms with Crippen LogP contribution in [0.15, 0.2) is 36.5 Å². The zero-order valence-electron chi connectivity index (χ0n) is 16.4. The molecule has 26 heavy (non-hydrogen) atoms. The van der Waals surface area contributed by atoms with Gasteiger partial charge in [0.05, 0.1) is 5.69 Å². The van der Waals surface area contributed by atoms with Gasteiger partial charge in [0.25, 0.3) is 0 Å². The number of carbonyl (C=O) groups excluding carboxylic acids is 1. The van der Waals surface area contributed by atoms with Crippen LogP contribution in [0, 0.1) is 12.8 Å². The highest BCUT2D eigenvalue weighted by molar-refractivity contribution is 5.83. The van der Waals surface area contributed by atoms with Crippen molar-refractivity contribution in [1.82, 2.24) is 9.47 Å². The number of aromatic nitrogens is 1. The number of aryl methyl sites for hydroxylation is 2. The number of rotatable bonds is 4. The van der Waals surface area contributed by atoms with Gasteiger partial charge in [0.15, 0.2) is 0 Å². The number of benzene rings is 1. The van der Waals surface area contributed by atoms with Crippen LogP contribution in [-0.4, -0.2) is 34.4 Å². The number of piperidine rings is 1. The molecule has 2 aliphatic heterocycles. The van der Waals surface area contributed by atoms with Crippen molar-refractivity contribution in [3.05, 3.63) is 47.7 Å². The molecule has 1 aromatic heterocycles. The standard InChI is InChI=1S/C23H30N2O/c1-5-21(26)22-19(14-18-10-11-20(22)25(18)4)16-6-8-17(9-7-16)23-15(2)12-13-24(23)3/h6-9,12-13,18-20,22H,5,10-11,14H2,1-4H3. The van der Waals surface area contributed by atoms with Gasteiger partial charge in [0, 0.05) is 37.7 Å². The van der Waals surface area contributed by atoms with Crippen LogP contribution in [0.3, 0.4) is 0 Å². The van der Waals surface area contributed by atoms with Crippen LogP contribution in [0.5, 0.6) is 0 Å². The maximum absolute atomic E-state index is 12.8. The van der Waals surface area contributed by atoms with Gasteiger partial charge in [-0.05, 0) is 61.9 Å². The smallest absolute Gasteiger partial charge is 0.137 e. The molecular weight excluding hydrogens is 320 g/mol. The fourth-order valence-corrected chi connectivity index (χ4v) is 5.46. The second-order valence-electron chi connectivity index (χ2n) is 8.23. The summed E-state index contributed by atoms with van der Waals surface area (Å²) in [6.07, 6.45) is 6.30. The number of fused-ring (bicyclic) bond motifs is 2. The third-order valence-corrected chi connectivity index (χ3v) is 6.88. The molecule has 2 saturated heterocycles. The highest BCUT2D eigenvalue weighted by Gasteiger charge is 2.48. The quantitative estimate of drug-likeness (QED) is 0.808. The molecule has 2 fully saturated rings. The normalized spacial score (nSPS) is 28.5. The first-order valence-corrected chi connectivity index (χ1v) is 9.98. The molecule has 0 amide bonds. The Labute approximate surface area is 157 Å². The second kappa shape index (κ2) is 6.70. The van der Waals surface area contributed by atoms with Crippen molar-refractivity contribution < 1.29 is 4.79 Å². The van der Waals surface area contributed by atoms with E-state index in [1.165, 1.54) is 35.2 Å². The van der Waals surface area contributed by atoms with Gasteiger partial charge in [-0.1, -0.05) is 31.2 Å². The molecule has 0 radical (unpaired) electrons. The average Bonchev–Trinajstić information content (AvgIpc) is 3.09. The number of hydrogen-bond acceptors (Lipinski definition) is 2. The zero-order valence-corrected chi connectivity index (χ0v) is 16.4. The minimum absolute atomic E-state index is 0.159. The highest BCUT2D eigenvalue weighted by Crippen LogP contribution is 2.47. The van der Waals surface area contributed by atoms with Gasteiger partial charge in [-0.2, -0.15) is 0 Å². The molecule has 0 spiro atoms. The largest absolute Gasteiger partial charge is 0.350 e. The Balaban J connectivity index is 1.67. The summed E-state index contributed by atoms with van der Waals surface area (Å²) in [7, 11) is 4.32. The zero-order chi connectivity index (χ0) is 18.4. The van der Waals surface area contributed by atoms with E-state index >= 15 is 0 Å². The van der Waals surface area contributed by atoms with E-state index in [1.807, 2.05) is 6.92 Å². The summed E-state index contributed by atoms with van der Waals surface area (Å²) in [6, 6.07) is 12.3. The lowest BCUT2D eigenvalue weighted by Crippen LogP contribution is -2.48. The van der Waals surface area contributed by atoms with Crippen molar-refractivity contribution >= 4 is 5.78 Å². The Bertz CT molecular complexity index is 785. The summed E-state index contributed by atoms with van der Waals surface area (Å²) in [5.74, 6) is 0.973. The SMILES string of the molecule is CCC(=O)C1C(c2ccc(-c3c(C)ccn3C)cc2)CC2CCC1N2C. The van der Waals surface area contributed by atoms with Crippen LogP contribution in [0.2, 0.25) is 0 Å². The molecule has 1 aromatic carbocycles. The van der Waals surface area contributed by atoms with Crippen LogP contribution in [0.25, 0.3) is 11.3 Å². The molecule has 4 rings (SSSR count). The molecule has 0 N–H and O–H groups in total. The molecule has 4 unspecified atom stereocenters. The van der Waals surface area contributed by atoms with E-state index < -0.39 is 0 Å². The molecule has 2 aromatic rings. The Morgan fingerprint density at radius 2 is 1.85 bits per heavy atom. The number of carbonyl (C=O) groups is 1. The Morgan fingerprint density at radius 1 is 1.12 bits per heavy atom. The van der Waals surface area contributed by atoms with Gasteiger partial charge in [0.2, 0.25) is 0 Å². The maximum Gasteiger partial charge on any atom is 0.137 e. The van der Waals surface area contributed by atoms with Gasteiger partial charge in [-0.3, -0.25) is 9.69 Å². The van der Waals surface area contributed by atoms with Crippen LogP contribution in [-0.2, 0) is 11.8 Å². The maximum atomic E-state index is 12.8. The molecule has 3 nitrogen and oxygen atoms in total. The molecule has 3 heterocycles. The molecular formula is C23H30N2O. The number of Topliss-reactive ketones (excluding diaryl/α,β-unsaturated/α-hetero) is 1. The summed E-state index contributed by atoms with van der Waals surface area (Å²) < 4.78 is 2.18. The van der Waals surface area contributed by atoms with Crippen LogP contribution in [0.1, 0.15) is 49.7 Å². The average molecular weight is 351 g/mol. The second-order valence-corrected chi connectivity index (χ2v) is 8.23. The third kappa shape index (κ3) is 2.73. The van der Waals surface area contributed by atoms with E-state index in [0.29, 0.717) is 30.2 Å². The Kier molecular flexibility index (Phi) is 4.52. The van der Waals surface area contributed by atoms with E-state index in [0.717, 1.165) is 6.42 Å². The third-order valence-electron chi connectivity index (χ3n) is 6.88. The van der Waals surface area contributed by atoms with E-state index in [9.17, 15) is 4.79 Å². The highest BCUT2D eigenvalue weighted by atomic mass is 16.1. The summed E-state index contributed by atoms with van der Waals surface area (Å²) in [6.45, 7) is 4.18. The molecule has 2 bridgehead atoms. The first-order chi connectivity index (χ1) is 12.5. The van der Waals surface area contributed by atoms with E-state index in [2.05, 4.69) is 67.0 Å². The number of nitrogens with zero attached hydrogens (tertiary/aromatic N) is 2. The topological polar surface area (TPSA) is 25.2 Å². The summed E-state index contributed by atoms with van der Waals surface area (Å²) in [5.41, 5.74) is 5.18. The van der Waals surface area contributed by atoms with Crippen molar-refractivity contribution in [2.75, 3.05) is 7.05 Å². The van der Waals surface area contributed by atoms with Gasteiger partial charge >= 0.3 is 0 Å². The van der Waals surface area contributed by atoms with Gasteiger partial charge in [-0.25, -0.2) is 0 Å². The van der Waals surface area contributed by atoms with Gasteiger partial charge < -0.3 is 4.57 Å². The lowest BCUT2D eigenvalue weighted by molar-refractivity contribution is -0.126. The predicted octanol–water partition coefficient (Wildman–Crippen LogP) is 4.55. The summed E-state index contributed by atoms with van der Waals surface area (Å²) >= 11 is 0. The van der Waals surface area contributed by atoms with Crippen LogP contribution < -0.4 is 0 Å².